The standard InChI is InChI=1S/C17H18FNO/c1-11-9-14-5-3-4-6-16(14)19(11)17-8-7-13(12(2)20)10-15(17)18/h3-8,10-12,20H,9H2,1-2H3. The molecule has 0 fully saturated rings. The third-order valence-corrected chi connectivity index (χ3v) is 3.92. The van der Waals surface area contributed by atoms with E-state index in [1.807, 2.05) is 23.1 Å². The molecule has 2 nitrogen and oxygen atoms in total. The van der Waals surface area contributed by atoms with Crippen molar-refractivity contribution in [2.24, 2.45) is 0 Å². The van der Waals surface area contributed by atoms with Crippen molar-refractivity contribution in [3.63, 3.8) is 0 Å². The molecule has 0 aromatic heterocycles. The van der Waals surface area contributed by atoms with E-state index in [1.165, 1.54) is 11.6 Å². The van der Waals surface area contributed by atoms with E-state index in [-0.39, 0.29) is 11.9 Å². The first-order valence-corrected chi connectivity index (χ1v) is 6.92. The van der Waals surface area contributed by atoms with Gasteiger partial charge in [0.2, 0.25) is 0 Å². The Labute approximate surface area is 118 Å². The van der Waals surface area contributed by atoms with Crippen LogP contribution in [0.1, 0.15) is 31.1 Å². The molecule has 2 aromatic carbocycles. The van der Waals surface area contributed by atoms with Gasteiger partial charge in [-0.3, -0.25) is 0 Å². The molecule has 3 heteroatoms. The number of halogens is 1. The highest BCUT2D eigenvalue weighted by molar-refractivity contribution is 5.71. The third-order valence-electron chi connectivity index (χ3n) is 3.92. The molecule has 0 bridgehead atoms. The minimum absolute atomic E-state index is 0.235. The quantitative estimate of drug-likeness (QED) is 0.893. The van der Waals surface area contributed by atoms with Crippen molar-refractivity contribution >= 4 is 11.4 Å². The van der Waals surface area contributed by atoms with E-state index >= 15 is 0 Å². The number of fused-ring (bicyclic) bond motifs is 1. The normalized spacial score (nSPS) is 19.0. The summed E-state index contributed by atoms with van der Waals surface area (Å²) in [7, 11) is 0. The first kappa shape index (κ1) is 13.1. The summed E-state index contributed by atoms with van der Waals surface area (Å²) in [6, 6.07) is 13.3. The van der Waals surface area contributed by atoms with Crippen molar-refractivity contribution in [3.05, 3.63) is 59.4 Å². The van der Waals surface area contributed by atoms with E-state index in [1.54, 1.807) is 19.1 Å². The van der Waals surface area contributed by atoms with Crippen LogP contribution >= 0.6 is 0 Å². The van der Waals surface area contributed by atoms with E-state index in [2.05, 4.69) is 13.0 Å². The Hall–Kier alpha value is -1.87. The highest BCUT2D eigenvalue weighted by Crippen LogP contribution is 2.39. The Morgan fingerprint density at radius 3 is 2.65 bits per heavy atom. The molecular formula is C17H18FNO. The lowest BCUT2D eigenvalue weighted by Crippen LogP contribution is -2.24. The van der Waals surface area contributed by atoms with E-state index in [4.69, 9.17) is 0 Å². The molecule has 1 aliphatic heterocycles. The smallest absolute Gasteiger partial charge is 0.147 e. The van der Waals surface area contributed by atoms with Gasteiger partial charge in [-0.1, -0.05) is 24.3 Å². The molecule has 0 saturated carbocycles. The van der Waals surface area contributed by atoms with Crippen molar-refractivity contribution in [3.8, 4) is 0 Å². The van der Waals surface area contributed by atoms with Crippen molar-refractivity contribution in [2.45, 2.75) is 32.4 Å². The molecule has 0 spiro atoms. The van der Waals surface area contributed by atoms with E-state index in [9.17, 15) is 9.50 Å². The molecule has 0 saturated heterocycles. The number of para-hydroxylation sites is 1. The summed E-state index contributed by atoms with van der Waals surface area (Å²) < 4.78 is 14.4. The Morgan fingerprint density at radius 1 is 1.20 bits per heavy atom. The van der Waals surface area contributed by atoms with Gasteiger partial charge in [-0.05, 0) is 49.6 Å². The van der Waals surface area contributed by atoms with Crippen LogP contribution in [0.15, 0.2) is 42.5 Å². The molecular weight excluding hydrogens is 253 g/mol. The van der Waals surface area contributed by atoms with E-state index in [0.717, 1.165) is 12.1 Å². The van der Waals surface area contributed by atoms with Crippen LogP contribution in [-0.2, 0) is 6.42 Å². The first-order valence-electron chi connectivity index (χ1n) is 6.92. The Balaban J connectivity index is 2.05. The molecule has 1 aliphatic rings. The number of rotatable bonds is 2. The predicted octanol–water partition coefficient (Wildman–Crippen LogP) is 3.96. The Kier molecular flexibility index (Phi) is 3.22. The minimum Gasteiger partial charge on any atom is -0.389 e. The van der Waals surface area contributed by atoms with Gasteiger partial charge in [0.1, 0.15) is 5.82 Å². The first-order chi connectivity index (χ1) is 9.58. The summed E-state index contributed by atoms with van der Waals surface area (Å²) >= 11 is 0. The van der Waals surface area contributed by atoms with Crippen LogP contribution in [0, 0.1) is 5.82 Å². The number of hydrogen-bond donors (Lipinski definition) is 1. The van der Waals surface area contributed by atoms with Gasteiger partial charge in [0.25, 0.3) is 0 Å². The van der Waals surface area contributed by atoms with Crippen LogP contribution in [0.25, 0.3) is 0 Å². The number of aliphatic hydroxyl groups excluding tert-OH is 1. The lowest BCUT2D eigenvalue weighted by Gasteiger charge is -2.26. The second-order valence-corrected chi connectivity index (χ2v) is 5.44. The number of aliphatic hydroxyl groups is 1. The molecule has 0 aliphatic carbocycles. The Morgan fingerprint density at radius 2 is 1.95 bits per heavy atom. The highest BCUT2D eigenvalue weighted by atomic mass is 19.1. The van der Waals surface area contributed by atoms with Gasteiger partial charge in [0, 0.05) is 11.7 Å². The van der Waals surface area contributed by atoms with E-state index in [0.29, 0.717) is 11.3 Å². The maximum absolute atomic E-state index is 14.4. The zero-order valence-electron chi connectivity index (χ0n) is 11.7. The summed E-state index contributed by atoms with van der Waals surface area (Å²) in [6.45, 7) is 3.74. The van der Waals surface area contributed by atoms with Gasteiger partial charge in [-0.15, -0.1) is 0 Å². The molecule has 0 amide bonds. The Bertz CT molecular complexity index is 639. The van der Waals surface area contributed by atoms with Gasteiger partial charge in [0.15, 0.2) is 0 Å². The zero-order valence-corrected chi connectivity index (χ0v) is 11.7. The number of anilines is 2. The average molecular weight is 271 g/mol. The molecule has 20 heavy (non-hydrogen) atoms. The van der Waals surface area contributed by atoms with Crippen LogP contribution in [-0.4, -0.2) is 11.1 Å². The molecule has 3 rings (SSSR count). The van der Waals surface area contributed by atoms with Crippen LogP contribution in [0.4, 0.5) is 15.8 Å². The van der Waals surface area contributed by atoms with Gasteiger partial charge in [0.05, 0.1) is 11.8 Å². The monoisotopic (exact) mass is 271 g/mol. The van der Waals surface area contributed by atoms with Gasteiger partial charge in [-0.2, -0.15) is 0 Å². The van der Waals surface area contributed by atoms with Crippen LogP contribution in [0.2, 0.25) is 0 Å². The van der Waals surface area contributed by atoms with Gasteiger partial charge >= 0.3 is 0 Å². The van der Waals surface area contributed by atoms with Crippen molar-refractivity contribution in [1.29, 1.82) is 0 Å². The SMILES string of the molecule is CC(O)c1ccc(N2c3ccccc3CC2C)c(F)c1. The van der Waals surface area contributed by atoms with E-state index < -0.39 is 6.10 Å². The van der Waals surface area contributed by atoms with Crippen LogP contribution < -0.4 is 4.90 Å². The maximum atomic E-state index is 14.4. The fourth-order valence-corrected chi connectivity index (χ4v) is 2.91. The molecule has 2 unspecified atom stereocenters. The second-order valence-electron chi connectivity index (χ2n) is 5.44. The minimum atomic E-state index is -0.651. The van der Waals surface area contributed by atoms with Crippen molar-refractivity contribution in [2.75, 3.05) is 4.90 Å². The number of benzene rings is 2. The lowest BCUT2D eigenvalue weighted by atomic mass is 10.1. The van der Waals surface area contributed by atoms with Crippen molar-refractivity contribution in [1.82, 2.24) is 0 Å². The summed E-state index contributed by atoms with van der Waals surface area (Å²) in [6.07, 6.45) is 0.273. The predicted molar refractivity (Wildman–Crippen MR) is 78.8 cm³/mol. The molecule has 0 radical (unpaired) electrons. The van der Waals surface area contributed by atoms with Crippen LogP contribution in [0.3, 0.4) is 0 Å². The topological polar surface area (TPSA) is 23.5 Å². The van der Waals surface area contributed by atoms with Crippen LogP contribution in [0.5, 0.6) is 0 Å². The number of nitrogens with zero attached hydrogens (tertiary/aromatic N) is 1. The second kappa shape index (κ2) is 4.91. The fourth-order valence-electron chi connectivity index (χ4n) is 2.91. The zero-order chi connectivity index (χ0) is 14.3. The average Bonchev–Trinajstić information content (AvgIpc) is 2.74. The molecule has 1 N–H and O–H groups in total. The molecule has 2 atom stereocenters. The maximum Gasteiger partial charge on any atom is 0.147 e. The number of hydrogen-bond acceptors (Lipinski definition) is 2. The highest BCUT2D eigenvalue weighted by Gasteiger charge is 2.28. The largest absolute Gasteiger partial charge is 0.389 e. The summed E-state index contributed by atoms with van der Waals surface area (Å²) in [5, 5.41) is 9.53. The third kappa shape index (κ3) is 2.08. The molecule has 2 aromatic rings. The van der Waals surface area contributed by atoms with Gasteiger partial charge in [-0.25, -0.2) is 4.39 Å². The summed E-state index contributed by atoms with van der Waals surface area (Å²) in [5.41, 5.74) is 3.50. The molecule has 104 valence electrons. The molecule has 1 heterocycles. The lowest BCUT2D eigenvalue weighted by molar-refractivity contribution is 0.199. The fraction of sp³-hybridized carbons (Fsp3) is 0.294. The summed E-state index contributed by atoms with van der Waals surface area (Å²) in [5.74, 6) is -0.285. The summed E-state index contributed by atoms with van der Waals surface area (Å²) in [4.78, 5) is 2.04. The van der Waals surface area contributed by atoms with Crippen molar-refractivity contribution < 1.29 is 9.50 Å². The van der Waals surface area contributed by atoms with Gasteiger partial charge < -0.3 is 10.0 Å².